The maximum Gasteiger partial charge on any atom is 0.252 e. The minimum atomic E-state index is -0.173. The molecule has 0 N–H and O–H groups in total. The molecular formula is C77H88BN3. The Kier molecular flexibility index (Phi) is 12.4. The smallest absolute Gasteiger partial charge is 0.252 e. The molecule has 0 aromatic heterocycles. The summed E-state index contributed by atoms with van der Waals surface area (Å²) in [7, 11) is 0. The van der Waals surface area contributed by atoms with Crippen LogP contribution in [0.4, 0.5) is 51.2 Å². The molecule has 0 atom stereocenters. The summed E-state index contributed by atoms with van der Waals surface area (Å²) < 4.78 is 0. The molecule has 414 valence electrons. The number of benzene rings is 8. The highest BCUT2D eigenvalue weighted by Crippen LogP contribution is 2.55. The molecular weight excluding hydrogens is 978 g/mol. The number of fused-ring (bicyclic) bond motifs is 6. The van der Waals surface area contributed by atoms with E-state index in [9.17, 15) is 0 Å². The first kappa shape index (κ1) is 54.8. The van der Waals surface area contributed by atoms with Crippen LogP contribution in [0.25, 0.3) is 11.1 Å². The molecule has 0 radical (unpaired) electrons. The highest BCUT2D eigenvalue weighted by molar-refractivity contribution is 7.00. The van der Waals surface area contributed by atoms with Crippen LogP contribution in [0.5, 0.6) is 0 Å². The maximum atomic E-state index is 2.76. The van der Waals surface area contributed by atoms with Crippen molar-refractivity contribution in [2.45, 2.75) is 189 Å². The molecule has 0 unspecified atom stereocenters. The van der Waals surface area contributed by atoms with Crippen LogP contribution in [0, 0.1) is 13.8 Å². The zero-order chi connectivity index (χ0) is 57.9. The highest BCUT2D eigenvalue weighted by atomic mass is 15.2. The van der Waals surface area contributed by atoms with Crippen LogP contribution in [0.1, 0.15) is 187 Å². The molecule has 12 rings (SSSR count). The van der Waals surface area contributed by atoms with Crippen molar-refractivity contribution in [1.29, 1.82) is 0 Å². The molecule has 0 bridgehead atoms. The molecule has 2 aliphatic heterocycles. The normalized spacial score (nSPS) is 17.2. The average Bonchev–Trinajstić information content (AvgIpc) is 1.61. The Bertz CT molecular complexity index is 3770. The first-order valence-corrected chi connectivity index (χ1v) is 30.3. The van der Waals surface area contributed by atoms with Gasteiger partial charge in [-0.3, -0.25) is 0 Å². The Balaban J connectivity index is 1.24. The third kappa shape index (κ3) is 8.99. The summed E-state index contributed by atoms with van der Waals surface area (Å²) in [6.07, 6.45) is 3.41. The molecule has 81 heavy (non-hydrogen) atoms. The molecule has 8 aromatic rings. The number of aryl methyl sites for hydroxylation is 2. The summed E-state index contributed by atoms with van der Waals surface area (Å²) in [5.74, 6) is 0. The molecule has 2 heterocycles. The third-order valence-electron chi connectivity index (χ3n) is 19.5. The highest BCUT2D eigenvalue weighted by Gasteiger charge is 2.49. The lowest BCUT2D eigenvalue weighted by atomic mass is 9.33. The van der Waals surface area contributed by atoms with Crippen molar-refractivity contribution in [1.82, 2.24) is 0 Å². The van der Waals surface area contributed by atoms with Gasteiger partial charge in [0.05, 0.1) is 11.4 Å². The zero-order valence-electron chi connectivity index (χ0n) is 52.5. The second kappa shape index (κ2) is 18.4. The van der Waals surface area contributed by atoms with Gasteiger partial charge in [-0.25, -0.2) is 0 Å². The van der Waals surface area contributed by atoms with Crippen molar-refractivity contribution in [3.05, 3.63) is 202 Å². The molecule has 0 fully saturated rings. The zero-order valence-corrected chi connectivity index (χ0v) is 52.5. The third-order valence-corrected chi connectivity index (χ3v) is 19.5. The second-order valence-electron chi connectivity index (χ2n) is 30.7. The van der Waals surface area contributed by atoms with Crippen molar-refractivity contribution in [2.24, 2.45) is 0 Å². The van der Waals surface area contributed by atoms with Crippen molar-refractivity contribution in [3.63, 3.8) is 0 Å². The summed E-state index contributed by atoms with van der Waals surface area (Å²) in [4.78, 5) is 7.91. The SMILES string of the molecule is Cc1cc(C(C)(C)C)cc(C)c1N1c2ccc(N(c3ccccc3)c3ccccc3)cc2B2c3cc4c(cc3N(c3ccc(C(C)(C)C)cc3-c3ccc5c(c3)C(C)(C)CC5(C)C)c3cc(C(C)(C)C)cc1c32)C(C)(C)CCC4(C)C. The van der Waals surface area contributed by atoms with Gasteiger partial charge in [0.1, 0.15) is 0 Å². The van der Waals surface area contributed by atoms with Gasteiger partial charge in [0, 0.05) is 45.4 Å². The number of hydrogen-bond donors (Lipinski definition) is 0. The van der Waals surface area contributed by atoms with E-state index in [1.165, 1.54) is 112 Å². The lowest BCUT2D eigenvalue weighted by Crippen LogP contribution is -2.62. The lowest BCUT2D eigenvalue weighted by Gasteiger charge is -2.48. The minimum Gasteiger partial charge on any atom is -0.311 e. The van der Waals surface area contributed by atoms with Crippen molar-refractivity contribution in [3.8, 4) is 11.1 Å². The Hall–Kier alpha value is -6.78. The van der Waals surface area contributed by atoms with Gasteiger partial charge in [0.15, 0.2) is 0 Å². The quantitative estimate of drug-likeness (QED) is 0.154. The Morgan fingerprint density at radius 2 is 0.889 bits per heavy atom. The molecule has 0 saturated heterocycles. The first-order valence-electron chi connectivity index (χ1n) is 30.3. The summed E-state index contributed by atoms with van der Waals surface area (Å²) in [5, 5.41) is 0. The largest absolute Gasteiger partial charge is 0.311 e. The van der Waals surface area contributed by atoms with E-state index in [2.05, 4.69) is 298 Å². The summed E-state index contributed by atoms with van der Waals surface area (Å²) >= 11 is 0. The van der Waals surface area contributed by atoms with Crippen molar-refractivity contribution >= 4 is 74.3 Å². The molecule has 0 spiro atoms. The molecule has 0 amide bonds. The van der Waals surface area contributed by atoms with Crippen LogP contribution in [0.2, 0.25) is 0 Å². The van der Waals surface area contributed by atoms with Crippen LogP contribution in [0.3, 0.4) is 0 Å². The Morgan fingerprint density at radius 1 is 0.395 bits per heavy atom. The van der Waals surface area contributed by atoms with E-state index < -0.39 is 0 Å². The van der Waals surface area contributed by atoms with Crippen LogP contribution in [0.15, 0.2) is 152 Å². The molecule has 4 heteroatoms. The van der Waals surface area contributed by atoms with Gasteiger partial charge in [0.25, 0.3) is 6.71 Å². The fraction of sp³-hybridized carbons (Fsp3) is 0.377. The fourth-order valence-electron chi connectivity index (χ4n) is 15.0. The fourth-order valence-corrected chi connectivity index (χ4v) is 15.0. The number of rotatable bonds is 6. The van der Waals surface area contributed by atoms with Gasteiger partial charge >= 0.3 is 0 Å². The van der Waals surface area contributed by atoms with Crippen molar-refractivity contribution < 1.29 is 0 Å². The van der Waals surface area contributed by atoms with E-state index in [1.54, 1.807) is 0 Å². The number of nitrogens with zero attached hydrogens (tertiary/aromatic N) is 3. The summed E-state index contributed by atoms with van der Waals surface area (Å²) in [6.45, 7) is 45.8. The van der Waals surface area contributed by atoms with Gasteiger partial charge in [-0.15, -0.1) is 0 Å². The monoisotopic (exact) mass is 1070 g/mol. The van der Waals surface area contributed by atoms with Gasteiger partial charge in [-0.05, 0) is 216 Å². The summed E-state index contributed by atoms with van der Waals surface area (Å²) in [5.41, 5.74) is 30.0. The number of anilines is 9. The van der Waals surface area contributed by atoms with Crippen LogP contribution >= 0.6 is 0 Å². The van der Waals surface area contributed by atoms with Crippen molar-refractivity contribution in [2.75, 3.05) is 14.7 Å². The van der Waals surface area contributed by atoms with Gasteiger partial charge in [0.2, 0.25) is 0 Å². The predicted octanol–water partition coefficient (Wildman–Crippen LogP) is 19.7. The molecule has 4 aliphatic rings. The van der Waals surface area contributed by atoms with Crippen LogP contribution in [-0.4, -0.2) is 6.71 Å². The van der Waals surface area contributed by atoms with Gasteiger partial charge in [-0.2, -0.15) is 0 Å². The maximum absolute atomic E-state index is 2.76. The number of para-hydroxylation sites is 2. The van der Waals surface area contributed by atoms with E-state index in [4.69, 9.17) is 0 Å². The Labute approximate surface area is 487 Å². The van der Waals surface area contributed by atoms with E-state index >= 15 is 0 Å². The van der Waals surface area contributed by atoms with Gasteiger partial charge < -0.3 is 14.7 Å². The van der Waals surface area contributed by atoms with Gasteiger partial charge in [-0.1, -0.05) is 197 Å². The van der Waals surface area contributed by atoms with E-state index in [1.807, 2.05) is 0 Å². The lowest BCUT2D eigenvalue weighted by molar-refractivity contribution is 0.332. The summed E-state index contributed by atoms with van der Waals surface area (Å²) in [6, 6.07) is 59.9. The molecule has 8 aromatic carbocycles. The average molecular weight is 1070 g/mol. The first-order chi connectivity index (χ1) is 37.9. The van der Waals surface area contributed by atoms with Crippen LogP contribution in [-0.2, 0) is 37.9 Å². The Morgan fingerprint density at radius 3 is 1.46 bits per heavy atom. The molecule has 3 nitrogen and oxygen atoms in total. The molecule has 2 aliphatic carbocycles. The molecule has 0 saturated carbocycles. The topological polar surface area (TPSA) is 9.72 Å². The van der Waals surface area contributed by atoms with E-state index in [0.717, 1.165) is 36.3 Å². The van der Waals surface area contributed by atoms with E-state index in [-0.39, 0.29) is 44.6 Å². The number of hydrogen-bond acceptors (Lipinski definition) is 3. The minimum absolute atomic E-state index is 0.00572. The standard InChI is InChI=1S/C77H88BN3/c1-48-38-52(72(6,7)8)39-49(2)70(48)81-65-35-32-56(79(54-26-22-20-23-27-54)55-28-24-21-25-29-55)44-62(65)78-63-45-60-61(75(14,15)37-36-74(60,12)13)46-66(63)80(67-42-53(73(9,10)11)43-68(81)69(67)78)64-34-31-51(71(3,4)5)41-57(64)50-30-33-58-59(40-50)77(18,19)47-76(58,16)17/h20-35,38-46H,36-37,47H2,1-19H3. The second-order valence-corrected chi connectivity index (χ2v) is 30.7. The van der Waals surface area contributed by atoms with Crippen LogP contribution < -0.4 is 31.1 Å². The van der Waals surface area contributed by atoms with E-state index in [0.29, 0.717) is 0 Å². The predicted molar refractivity (Wildman–Crippen MR) is 352 cm³/mol.